The number of carbonyl (C=O) groups excluding carboxylic acids is 1. The van der Waals surface area contributed by atoms with Gasteiger partial charge in [-0.2, -0.15) is 5.10 Å². The molecule has 0 saturated heterocycles. The zero-order valence-electron chi connectivity index (χ0n) is 11.9. The van der Waals surface area contributed by atoms with Gasteiger partial charge in [0.25, 0.3) is 0 Å². The van der Waals surface area contributed by atoms with Crippen molar-refractivity contribution in [2.75, 3.05) is 13.7 Å². The third-order valence-electron chi connectivity index (χ3n) is 3.29. The number of likely N-dealkylation sites (N-methyl/N-ethyl adjacent to an activating group) is 1. The summed E-state index contributed by atoms with van der Waals surface area (Å²) in [4.78, 5) is 11.6. The fourth-order valence-corrected chi connectivity index (χ4v) is 1.88. The first-order chi connectivity index (χ1) is 8.51. The van der Waals surface area contributed by atoms with E-state index in [1.807, 2.05) is 25.5 Å². The first kappa shape index (κ1) is 14.7. The Bertz CT molecular complexity index is 413. The van der Waals surface area contributed by atoms with E-state index in [0.717, 1.165) is 11.4 Å². The average Bonchev–Trinajstić information content (AvgIpc) is 2.58. The zero-order valence-corrected chi connectivity index (χ0v) is 11.9. The molecule has 0 aliphatic rings. The monoisotopic (exact) mass is 253 g/mol. The van der Waals surface area contributed by atoms with Crippen molar-refractivity contribution in [2.45, 2.75) is 46.7 Å². The lowest BCUT2D eigenvalue weighted by Crippen LogP contribution is -2.36. The van der Waals surface area contributed by atoms with Crippen LogP contribution in [0.2, 0.25) is 0 Å². The lowest BCUT2D eigenvalue weighted by Gasteiger charge is -2.15. The lowest BCUT2D eigenvalue weighted by atomic mass is 10.2. The molecule has 1 N–H and O–H groups in total. The molecule has 0 aliphatic heterocycles. The molecule has 0 amide bonds. The molecule has 0 spiro atoms. The van der Waals surface area contributed by atoms with E-state index in [0.29, 0.717) is 19.6 Å². The summed E-state index contributed by atoms with van der Waals surface area (Å²) in [7, 11) is 1.77. The quantitative estimate of drug-likeness (QED) is 0.778. The molecule has 0 aliphatic carbocycles. The van der Waals surface area contributed by atoms with Gasteiger partial charge in [0.2, 0.25) is 0 Å². The van der Waals surface area contributed by atoms with E-state index in [1.54, 1.807) is 7.05 Å². The van der Waals surface area contributed by atoms with Crippen molar-refractivity contribution in [3.63, 3.8) is 0 Å². The third kappa shape index (κ3) is 3.32. The predicted octanol–water partition coefficient (Wildman–Crippen LogP) is 1.35. The van der Waals surface area contributed by atoms with Crippen LogP contribution in [-0.4, -0.2) is 35.4 Å². The van der Waals surface area contributed by atoms with Crippen LogP contribution in [-0.2, 0) is 16.1 Å². The topological polar surface area (TPSA) is 56.2 Å². The molecule has 1 heterocycles. The van der Waals surface area contributed by atoms with E-state index in [1.165, 1.54) is 5.56 Å². The summed E-state index contributed by atoms with van der Waals surface area (Å²) in [5.74, 6) is -0.196. The molecule has 0 radical (unpaired) electrons. The summed E-state index contributed by atoms with van der Waals surface area (Å²) in [6, 6.07) is -0.269. The smallest absolute Gasteiger partial charge is 0.323 e. The molecular weight excluding hydrogens is 230 g/mol. The second-order valence-corrected chi connectivity index (χ2v) is 4.40. The van der Waals surface area contributed by atoms with Crippen LogP contribution in [0.25, 0.3) is 0 Å². The maximum atomic E-state index is 11.6. The van der Waals surface area contributed by atoms with Crippen LogP contribution in [0.3, 0.4) is 0 Å². The van der Waals surface area contributed by atoms with Gasteiger partial charge in [-0.15, -0.1) is 0 Å². The van der Waals surface area contributed by atoms with E-state index in [4.69, 9.17) is 4.74 Å². The Morgan fingerprint density at radius 3 is 2.56 bits per heavy atom. The van der Waals surface area contributed by atoms with Crippen molar-refractivity contribution < 1.29 is 9.53 Å². The average molecular weight is 253 g/mol. The number of nitrogens with zero attached hydrogens (tertiary/aromatic N) is 2. The molecule has 1 aromatic heterocycles. The van der Waals surface area contributed by atoms with Crippen molar-refractivity contribution in [3.8, 4) is 0 Å². The van der Waals surface area contributed by atoms with Crippen molar-refractivity contribution in [1.29, 1.82) is 0 Å². The molecule has 1 unspecified atom stereocenters. The lowest BCUT2D eigenvalue weighted by molar-refractivity contribution is -0.145. The molecule has 5 nitrogen and oxygen atoms in total. The summed E-state index contributed by atoms with van der Waals surface area (Å²) >= 11 is 0. The first-order valence-corrected chi connectivity index (χ1v) is 6.35. The summed E-state index contributed by atoms with van der Waals surface area (Å²) in [5, 5.41) is 7.44. The zero-order chi connectivity index (χ0) is 13.7. The van der Waals surface area contributed by atoms with Gasteiger partial charge in [0.1, 0.15) is 6.04 Å². The van der Waals surface area contributed by atoms with Gasteiger partial charge in [-0.3, -0.25) is 9.48 Å². The van der Waals surface area contributed by atoms with Crippen LogP contribution in [0.4, 0.5) is 0 Å². The second-order valence-electron chi connectivity index (χ2n) is 4.40. The normalized spacial score (nSPS) is 12.5. The molecule has 0 fully saturated rings. The number of aromatic nitrogens is 2. The number of rotatable bonds is 6. The molecule has 0 aromatic carbocycles. The Labute approximate surface area is 109 Å². The minimum Gasteiger partial charge on any atom is -0.465 e. The van der Waals surface area contributed by atoms with E-state index in [9.17, 15) is 4.79 Å². The molecular formula is C13H23N3O2. The largest absolute Gasteiger partial charge is 0.465 e. The molecule has 0 bridgehead atoms. The Morgan fingerprint density at radius 2 is 2.11 bits per heavy atom. The fraction of sp³-hybridized carbons (Fsp3) is 0.692. The summed E-state index contributed by atoms with van der Waals surface area (Å²) in [5.41, 5.74) is 3.42. The second kappa shape index (κ2) is 6.54. The third-order valence-corrected chi connectivity index (χ3v) is 3.29. The van der Waals surface area contributed by atoms with E-state index in [2.05, 4.69) is 17.3 Å². The van der Waals surface area contributed by atoms with Crippen molar-refractivity contribution in [2.24, 2.45) is 0 Å². The maximum absolute atomic E-state index is 11.6. The van der Waals surface area contributed by atoms with Crippen molar-refractivity contribution >= 4 is 5.97 Å². The van der Waals surface area contributed by atoms with Crippen LogP contribution in [0.1, 0.15) is 30.3 Å². The fourth-order valence-electron chi connectivity index (χ4n) is 1.88. The maximum Gasteiger partial charge on any atom is 0.323 e. The molecule has 1 rings (SSSR count). The van der Waals surface area contributed by atoms with Gasteiger partial charge >= 0.3 is 5.97 Å². The number of esters is 1. The number of nitrogens with one attached hydrogen (secondary N) is 1. The van der Waals surface area contributed by atoms with Crippen LogP contribution in [0, 0.1) is 20.8 Å². The highest BCUT2D eigenvalue weighted by Gasteiger charge is 2.18. The molecule has 1 atom stereocenters. The highest BCUT2D eigenvalue weighted by Crippen LogP contribution is 2.12. The van der Waals surface area contributed by atoms with Gasteiger partial charge in [0.05, 0.1) is 12.3 Å². The van der Waals surface area contributed by atoms with Crippen LogP contribution < -0.4 is 5.32 Å². The minimum atomic E-state index is -0.269. The number of aryl methyl sites for hydroxylation is 2. The highest BCUT2D eigenvalue weighted by molar-refractivity contribution is 5.75. The van der Waals surface area contributed by atoms with Gasteiger partial charge in [-0.1, -0.05) is 0 Å². The number of hydrogen-bond acceptors (Lipinski definition) is 4. The molecule has 18 heavy (non-hydrogen) atoms. The van der Waals surface area contributed by atoms with Crippen molar-refractivity contribution in [3.05, 3.63) is 17.0 Å². The summed E-state index contributed by atoms with van der Waals surface area (Å²) < 4.78 is 6.96. The summed E-state index contributed by atoms with van der Waals surface area (Å²) in [6.07, 6.45) is 0.677. The Hall–Kier alpha value is -1.36. The van der Waals surface area contributed by atoms with Gasteiger partial charge in [-0.25, -0.2) is 0 Å². The molecule has 1 aromatic rings. The molecule has 102 valence electrons. The number of hydrogen-bond donors (Lipinski definition) is 1. The Balaban J connectivity index is 2.62. The van der Waals surface area contributed by atoms with Crippen molar-refractivity contribution in [1.82, 2.24) is 15.1 Å². The molecule has 5 heteroatoms. The van der Waals surface area contributed by atoms with E-state index < -0.39 is 0 Å². The first-order valence-electron chi connectivity index (χ1n) is 6.35. The van der Waals surface area contributed by atoms with Crippen LogP contribution in [0.5, 0.6) is 0 Å². The van der Waals surface area contributed by atoms with Gasteiger partial charge in [0.15, 0.2) is 0 Å². The Morgan fingerprint density at radius 1 is 1.44 bits per heavy atom. The standard InChI is InChI=1S/C13H23N3O2/c1-6-18-13(17)12(14-5)7-8-16-11(4)9(2)10(3)15-16/h12,14H,6-8H2,1-5H3. The van der Waals surface area contributed by atoms with Gasteiger partial charge in [0, 0.05) is 12.2 Å². The van der Waals surface area contributed by atoms with Gasteiger partial charge in [-0.05, 0) is 46.7 Å². The van der Waals surface area contributed by atoms with E-state index >= 15 is 0 Å². The van der Waals surface area contributed by atoms with Gasteiger partial charge < -0.3 is 10.1 Å². The molecule has 0 saturated carbocycles. The number of carbonyl (C=O) groups is 1. The number of ether oxygens (including phenoxy) is 1. The highest BCUT2D eigenvalue weighted by atomic mass is 16.5. The summed E-state index contributed by atoms with van der Waals surface area (Å²) in [6.45, 7) is 9.05. The minimum absolute atomic E-state index is 0.196. The Kier molecular flexibility index (Phi) is 5.34. The van der Waals surface area contributed by atoms with Crippen LogP contribution >= 0.6 is 0 Å². The van der Waals surface area contributed by atoms with Crippen LogP contribution in [0.15, 0.2) is 0 Å². The predicted molar refractivity (Wildman–Crippen MR) is 70.5 cm³/mol. The van der Waals surface area contributed by atoms with E-state index in [-0.39, 0.29) is 12.0 Å². The SMILES string of the molecule is CCOC(=O)C(CCn1nc(C)c(C)c1C)NC.